The summed E-state index contributed by atoms with van der Waals surface area (Å²) in [5.41, 5.74) is 0. The van der Waals surface area contributed by atoms with Gasteiger partial charge < -0.3 is 15.4 Å². The number of hydrogen-bond donors (Lipinski definition) is 2. The Kier molecular flexibility index (Phi) is 17.9. The molecule has 0 aromatic heterocycles. The fourth-order valence-corrected chi connectivity index (χ4v) is 1.75. The van der Waals surface area contributed by atoms with E-state index in [4.69, 9.17) is 4.74 Å². The maximum absolute atomic E-state index is 5.02. The van der Waals surface area contributed by atoms with Crippen LogP contribution in [-0.2, 0) is 4.74 Å². The summed E-state index contributed by atoms with van der Waals surface area (Å²) in [6.07, 6.45) is 5.07. The molecule has 0 aliphatic heterocycles. The number of unbranched alkanes of at least 4 members (excludes halogenated alkanes) is 1. The zero-order valence-electron chi connectivity index (χ0n) is 13.0. The molecule has 2 N–H and O–H groups in total. The smallest absolute Gasteiger partial charge is 0.191 e. The normalized spacial score (nSPS) is 12.7. The summed E-state index contributed by atoms with van der Waals surface area (Å²) in [5.74, 6) is 1.62. The molecular formula is C14H32IN3O. The minimum atomic E-state index is 0. The minimum absolute atomic E-state index is 0. The Morgan fingerprint density at radius 3 is 2.47 bits per heavy atom. The first-order chi connectivity index (χ1) is 8.78. The van der Waals surface area contributed by atoms with Crippen molar-refractivity contribution in [3.8, 4) is 0 Å². The quantitative estimate of drug-likeness (QED) is 0.263. The Hall–Kier alpha value is -0.0400. The Balaban J connectivity index is 0. The van der Waals surface area contributed by atoms with Crippen LogP contribution in [0.5, 0.6) is 0 Å². The highest BCUT2D eigenvalue weighted by molar-refractivity contribution is 14.0. The molecule has 0 saturated carbocycles. The van der Waals surface area contributed by atoms with Gasteiger partial charge in [-0.1, -0.05) is 33.1 Å². The summed E-state index contributed by atoms with van der Waals surface area (Å²) >= 11 is 0. The van der Waals surface area contributed by atoms with E-state index in [-0.39, 0.29) is 24.0 Å². The van der Waals surface area contributed by atoms with Crippen molar-refractivity contribution in [2.24, 2.45) is 10.9 Å². The molecule has 19 heavy (non-hydrogen) atoms. The molecule has 0 aromatic carbocycles. The van der Waals surface area contributed by atoms with Crippen LogP contribution in [0.1, 0.15) is 46.5 Å². The van der Waals surface area contributed by atoms with Crippen molar-refractivity contribution >= 4 is 29.9 Å². The van der Waals surface area contributed by atoms with E-state index >= 15 is 0 Å². The lowest BCUT2D eigenvalue weighted by atomic mass is 10.00. The first-order valence-corrected chi connectivity index (χ1v) is 7.29. The van der Waals surface area contributed by atoms with E-state index in [1.165, 1.54) is 25.7 Å². The fourth-order valence-electron chi connectivity index (χ4n) is 1.75. The van der Waals surface area contributed by atoms with E-state index in [0.717, 1.165) is 25.6 Å². The zero-order chi connectivity index (χ0) is 13.6. The molecule has 0 rings (SSSR count). The molecule has 0 aliphatic rings. The Labute approximate surface area is 136 Å². The van der Waals surface area contributed by atoms with Gasteiger partial charge in [-0.15, -0.1) is 24.0 Å². The molecule has 0 bridgehead atoms. The molecule has 0 saturated heterocycles. The summed E-state index contributed by atoms with van der Waals surface area (Å²) in [5, 5.41) is 6.53. The molecule has 0 amide bonds. The standard InChI is InChI=1S/C14H31N3O.HI/c1-5-8-9-13(6-2)12-17-14(15-7-3)16-10-11-18-4;/h13H,5-12H2,1-4H3,(H2,15,16,17);1H. The van der Waals surface area contributed by atoms with Gasteiger partial charge in [-0.05, 0) is 19.3 Å². The van der Waals surface area contributed by atoms with Gasteiger partial charge in [0.15, 0.2) is 5.96 Å². The van der Waals surface area contributed by atoms with Gasteiger partial charge >= 0.3 is 0 Å². The van der Waals surface area contributed by atoms with Crippen LogP contribution in [0.2, 0.25) is 0 Å². The van der Waals surface area contributed by atoms with Gasteiger partial charge in [-0.25, -0.2) is 0 Å². The monoisotopic (exact) mass is 385 g/mol. The van der Waals surface area contributed by atoms with Crippen LogP contribution in [0.25, 0.3) is 0 Å². The van der Waals surface area contributed by atoms with Crippen LogP contribution in [0, 0.1) is 5.92 Å². The van der Waals surface area contributed by atoms with Gasteiger partial charge in [0.25, 0.3) is 0 Å². The molecule has 5 heteroatoms. The lowest BCUT2D eigenvalue weighted by molar-refractivity contribution is 0.203. The van der Waals surface area contributed by atoms with Crippen LogP contribution < -0.4 is 10.6 Å². The topological polar surface area (TPSA) is 45.7 Å². The van der Waals surface area contributed by atoms with Crippen LogP contribution in [0.15, 0.2) is 4.99 Å². The van der Waals surface area contributed by atoms with Crippen molar-refractivity contribution < 1.29 is 4.74 Å². The van der Waals surface area contributed by atoms with E-state index in [9.17, 15) is 0 Å². The third-order valence-corrected chi connectivity index (χ3v) is 2.99. The van der Waals surface area contributed by atoms with Crippen LogP contribution in [0.3, 0.4) is 0 Å². The lowest BCUT2D eigenvalue weighted by Gasteiger charge is -2.14. The highest BCUT2D eigenvalue weighted by Crippen LogP contribution is 2.12. The predicted molar refractivity (Wildman–Crippen MR) is 94.6 cm³/mol. The third kappa shape index (κ3) is 12.7. The molecule has 4 nitrogen and oxygen atoms in total. The third-order valence-electron chi connectivity index (χ3n) is 2.99. The summed E-state index contributed by atoms with van der Waals surface area (Å²) in [7, 11) is 1.71. The average Bonchev–Trinajstić information content (AvgIpc) is 2.39. The second kappa shape index (κ2) is 16.0. The van der Waals surface area contributed by atoms with Crippen molar-refractivity contribution in [1.82, 2.24) is 10.6 Å². The number of ether oxygens (including phenoxy) is 1. The number of methoxy groups -OCH3 is 1. The Morgan fingerprint density at radius 1 is 1.21 bits per heavy atom. The first-order valence-electron chi connectivity index (χ1n) is 7.29. The molecule has 1 atom stereocenters. The van der Waals surface area contributed by atoms with Crippen molar-refractivity contribution in [1.29, 1.82) is 0 Å². The SMILES string of the molecule is CCCCC(CC)CN=C(NCC)NCCOC.I. The number of nitrogens with one attached hydrogen (secondary N) is 2. The van der Waals surface area contributed by atoms with E-state index in [1.54, 1.807) is 7.11 Å². The van der Waals surface area contributed by atoms with Gasteiger partial charge in [0.2, 0.25) is 0 Å². The van der Waals surface area contributed by atoms with Gasteiger partial charge in [-0.3, -0.25) is 4.99 Å². The molecule has 116 valence electrons. The number of nitrogens with zero attached hydrogens (tertiary/aromatic N) is 1. The summed E-state index contributed by atoms with van der Waals surface area (Å²) < 4.78 is 5.02. The molecular weight excluding hydrogens is 353 g/mol. The van der Waals surface area contributed by atoms with Crippen LogP contribution >= 0.6 is 24.0 Å². The van der Waals surface area contributed by atoms with Crippen molar-refractivity contribution in [2.45, 2.75) is 46.5 Å². The number of aliphatic imine (C=N–C) groups is 1. The van der Waals surface area contributed by atoms with Crippen molar-refractivity contribution in [3.63, 3.8) is 0 Å². The molecule has 0 radical (unpaired) electrons. The maximum Gasteiger partial charge on any atom is 0.191 e. The van der Waals surface area contributed by atoms with Gasteiger partial charge in [0.1, 0.15) is 0 Å². The second-order valence-corrected chi connectivity index (χ2v) is 4.56. The van der Waals surface area contributed by atoms with Gasteiger partial charge in [0, 0.05) is 26.7 Å². The zero-order valence-corrected chi connectivity index (χ0v) is 15.3. The molecule has 0 spiro atoms. The molecule has 0 fully saturated rings. The van der Waals surface area contributed by atoms with Crippen molar-refractivity contribution in [3.05, 3.63) is 0 Å². The van der Waals surface area contributed by atoms with Crippen molar-refractivity contribution in [2.75, 3.05) is 33.4 Å². The predicted octanol–water partition coefficient (Wildman–Crippen LogP) is 3.02. The summed E-state index contributed by atoms with van der Waals surface area (Å²) in [6.45, 7) is 9.89. The first kappa shape index (κ1) is 21.3. The summed E-state index contributed by atoms with van der Waals surface area (Å²) in [4.78, 5) is 4.65. The number of halogens is 1. The molecule has 1 unspecified atom stereocenters. The Morgan fingerprint density at radius 2 is 1.95 bits per heavy atom. The number of guanidine groups is 1. The van der Waals surface area contributed by atoms with E-state index in [1.807, 2.05) is 0 Å². The van der Waals surface area contributed by atoms with E-state index in [0.29, 0.717) is 12.5 Å². The summed E-state index contributed by atoms with van der Waals surface area (Å²) in [6, 6.07) is 0. The highest BCUT2D eigenvalue weighted by atomic mass is 127. The van der Waals surface area contributed by atoms with Crippen LogP contribution in [0.4, 0.5) is 0 Å². The molecule has 0 heterocycles. The highest BCUT2D eigenvalue weighted by Gasteiger charge is 2.05. The second-order valence-electron chi connectivity index (χ2n) is 4.56. The van der Waals surface area contributed by atoms with E-state index < -0.39 is 0 Å². The van der Waals surface area contributed by atoms with Crippen LogP contribution in [-0.4, -0.2) is 39.3 Å². The molecule has 0 aliphatic carbocycles. The van der Waals surface area contributed by atoms with E-state index in [2.05, 4.69) is 36.4 Å². The maximum atomic E-state index is 5.02. The van der Waals surface area contributed by atoms with Gasteiger partial charge in [-0.2, -0.15) is 0 Å². The average molecular weight is 385 g/mol. The number of rotatable bonds is 10. The Bertz CT molecular complexity index is 213. The minimum Gasteiger partial charge on any atom is -0.383 e. The molecule has 0 aromatic rings. The fraction of sp³-hybridized carbons (Fsp3) is 0.929. The van der Waals surface area contributed by atoms with Gasteiger partial charge in [0.05, 0.1) is 6.61 Å². The largest absolute Gasteiger partial charge is 0.383 e. The lowest BCUT2D eigenvalue weighted by Crippen LogP contribution is -2.39. The number of hydrogen-bond acceptors (Lipinski definition) is 2.